The van der Waals surface area contributed by atoms with Crippen LogP contribution in [-0.4, -0.2) is 31.0 Å². The van der Waals surface area contributed by atoms with Crippen LogP contribution in [0.25, 0.3) is 0 Å². The van der Waals surface area contributed by atoms with Crippen molar-refractivity contribution in [3.05, 3.63) is 29.3 Å². The first-order valence-electron chi connectivity index (χ1n) is 6.15. The van der Waals surface area contributed by atoms with Gasteiger partial charge in [0.15, 0.2) is 23.3 Å². The van der Waals surface area contributed by atoms with Gasteiger partial charge < -0.3 is 15.2 Å². The van der Waals surface area contributed by atoms with E-state index in [0.29, 0.717) is 6.61 Å². The fourth-order valence-electron chi connectivity index (χ4n) is 1.45. The van der Waals surface area contributed by atoms with E-state index < -0.39 is 35.1 Å². The molecule has 20 heavy (non-hydrogen) atoms. The van der Waals surface area contributed by atoms with Gasteiger partial charge in [0, 0.05) is 19.2 Å². The number of hydrogen-bond acceptors (Lipinski definition) is 3. The average Bonchev–Trinajstić information content (AvgIpc) is 2.36. The van der Waals surface area contributed by atoms with Crippen LogP contribution in [0.3, 0.4) is 0 Å². The first kappa shape index (κ1) is 16.7. The monoisotopic (exact) mass is 295 g/mol. The number of halogens is 4. The molecule has 114 valence electrons. The van der Waals surface area contributed by atoms with E-state index in [-0.39, 0.29) is 25.1 Å². The zero-order valence-corrected chi connectivity index (χ0v) is 11.2. The molecule has 0 aliphatic heterocycles. The van der Waals surface area contributed by atoms with Crippen LogP contribution in [0, 0.1) is 29.2 Å². The number of aliphatic hydroxyl groups excluding tert-OH is 1. The normalized spacial score (nSPS) is 12.8. The molecule has 0 heterocycles. The number of benzene rings is 1. The second-order valence-electron chi connectivity index (χ2n) is 4.81. The van der Waals surface area contributed by atoms with Crippen molar-refractivity contribution < 1.29 is 27.4 Å². The molecule has 1 unspecified atom stereocenters. The molecule has 0 aliphatic carbocycles. The summed E-state index contributed by atoms with van der Waals surface area (Å²) in [7, 11) is 0. The summed E-state index contributed by atoms with van der Waals surface area (Å²) >= 11 is 0. The van der Waals surface area contributed by atoms with Crippen LogP contribution >= 0.6 is 0 Å². The number of hydrogen-bond donors (Lipinski definition) is 2. The first-order valence-corrected chi connectivity index (χ1v) is 6.15. The molecule has 0 fully saturated rings. The summed E-state index contributed by atoms with van der Waals surface area (Å²) in [6.45, 7) is 3.92. The average molecular weight is 295 g/mol. The molecular weight excluding hydrogens is 278 g/mol. The Hall–Kier alpha value is -1.34. The zero-order valence-electron chi connectivity index (χ0n) is 11.2. The molecule has 2 N–H and O–H groups in total. The Kier molecular flexibility index (Phi) is 6.22. The summed E-state index contributed by atoms with van der Waals surface area (Å²) in [4.78, 5) is 0. The fraction of sp³-hybridized carbons (Fsp3) is 0.538. The van der Waals surface area contributed by atoms with Gasteiger partial charge in [-0.2, -0.15) is 0 Å². The number of nitrogens with one attached hydrogen (secondary N) is 1. The highest BCUT2D eigenvalue weighted by atomic mass is 19.2. The lowest BCUT2D eigenvalue weighted by Gasteiger charge is -2.15. The molecule has 1 rings (SSSR count). The molecule has 0 aliphatic rings. The molecule has 0 saturated carbocycles. The standard InChI is InChI=1S/C13H17F4NO2/c1-7(2)5-20-6-8(19)4-18-13-11(16)9(14)3-10(15)12(13)17/h3,7-8,18-19H,4-6H2,1-2H3. The van der Waals surface area contributed by atoms with Gasteiger partial charge in [0.1, 0.15) is 5.69 Å². The first-order chi connectivity index (χ1) is 9.32. The van der Waals surface area contributed by atoms with Crippen molar-refractivity contribution in [1.82, 2.24) is 0 Å². The van der Waals surface area contributed by atoms with Gasteiger partial charge in [-0.05, 0) is 5.92 Å². The minimum absolute atomic E-state index is 0.0494. The zero-order chi connectivity index (χ0) is 15.3. The van der Waals surface area contributed by atoms with Gasteiger partial charge in [-0.25, -0.2) is 17.6 Å². The van der Waals surface area contributed by atoms with Crippen molar-refractivity contribution in [3.8, 4) is 0 Å². The van der Waals surface area contributed by atoms with Crippen LogP contribution in [0.15, 0.2) is 6.07 Å². The molecule has 7 heteroatoms. The van der Waals surface area contributed by atoms with Crippen LogP contribution in [0.2, 0.25) is 0 Å². The largest absolute Gasteiger partial charge is 0.389 e. The van der Waals surface area contributed by atoms with Crippen LogP contribution in [0.4, 0.5) is 23.2 Å². The summed E-state index contributed by atoms with van der Waals surface area (Å²) < 4.78 is 57.6. The third-order valence-electron chi connectivity index (χ3n) is 2.39. The van der Waals surface area contributed by atoms with Gasteiger partial charge in [0.25, 0.3) is 0 Å². The molecule has 0 aromatic heterocycles. The molecule has 0 spiro atoms. The Balaban J connectivity index is 2.57. The summed E-state index contributed by atoms with van der Waals surface area (Å²) in [5, 5.41) is 11.7. The van der Waals surface area contributed by atoms with Crippen molar-refractivity contribution in [2.24, 2.45) is 5.92 Å². The van der Waals surface area contributed by atoms with Crippen molar-refractivity contribution in [2.45, 2.75) is 20.0 Å². The Labute approximate surface area is 114 Å². The van der Waals surface area contributed by atoms with Gasteiger partial charge in [0.05, 0.1) is 12.7 Å². The summed E-state index contributed by atoms with van der Waals surface area (Å²) in [5.74, 6) is -5.78. The minimum Gasteiger partial charge on any atom is -0.389 e. The van der Waals surface area contributed by atoms with Crippen LogP contribution in [-0.2, 0) is 4.74 Å². The highest BCUT2D eigenvalue weighted by Crippen LogP contribution is 2.23. The van der Waals surface area contributed by atoms with E-state index in [4.69, 9.17) is 4.74 Å². The number of rotatable bonds is 7. The molecule has 3 nitrogen and oxygen atoms in total. The van der Waals surface area contributed by atoms with Gasteiger partial charge in [-0.1, -0.05) is 13.8 Å². The molecular formula is C13H17F4NO2. The van der Waals surface area contributed by atoms with Crippen molar-refractivity contribution in [2.75, 3.05) is 25.1 Å². The van der Waals surface area contributed by atoms with Crippen LogP contribution in [0.5, 0.6) is 0 Å². The Morgan fingerprint density at radius 2 is 1.65 bits per heavy atom. The highest BCUT2D eigenvalue weighted by molar-refractivity contribution is 5.47. The number of anilines is 1. The van der Waals surface area contributed by atoms with Crippen LogP contribution < -0.4 is 5.32 Å². The lowest BCUT2D eigenvalue weighted by Crippen LogP contribution is -2.26. The Morgan fingerprint density at radius 3 is 2.15 bits per heavy atom. The summed E-state index contributed by atoms with van der Waals surface area (Å²) in [5.41, 5.74) is -0.939. The minimum atomic E-state index is -1.53. The molecule has 0 radical (unpaired) electrons. The molecule has 0 bridgehead atoms. The fourth-order valence-corrected chi connectivity index (χ4v) is 1.45. The molecule has 1 aromatic rings. The predicted octanol–water partition coefficient (Wildman–Crippen LogP) is 2.69. The van der Waals surface area contributed by atoms with Crippen molar-refractivity contribution in [3.63, 3.8) is 0 Å². The maximum absolute atomic E-state index is 13.3. The van der Waals surface area contributed by atoms with E-state index in [2.05, 4.69) is 5.32 Å². The number of ether oxygens (including phenoxy) is 1. The maximum Gasteiger partial charge on any atom is 0.185 e. The van der Waals surface area contributed by atoms with E-state index in [1.807, 2.05) is 13.8 Å². The predicted molar refractivity (Wildman–Crippen MR) is 66.4 cm³/mol. The molecule has 1 aromatic carbocycles. The van der Waals surface area contributed by atoms with E-state index in [1.54, 1.807) is 0 Å². The lowest BCUT2D eigenvalue weighted by molar-refractivity contribution is 0.0317. The van der Waals surface area contributed by atoms with Crippen LogP contribution in [0.1, 0.15) is 13.8 Å². The van der Waals surface area contributed by atoms with E-state index in [1.165, 1.54) is 0 Å². The van der Waals surface area contributed by atoms with Crippen molar-refractivity contribution in [1.29, 1.82) is 0 Å². The SMILES string of the molecule is CC(C)COCC(O)CNc1c(F)c(F)cc(F)c1F. The third kappa shape index (κ3) is 4.64. The van der Waals surface area contributed by atoms with E-state index in [9.17, 15) is 22.7 Å². The summed E-state index contributed by atoms with van der Waals surface area (Å²) in [6, 6.07) is 0.123. The molecule has 0 amide bonds. The van der Waals surface area contributed by atoms with Gasteiger partial charge in [0.2, 0.25) is 0 Å². The Morgan fingerprint density at radius 1 is 1.10 bits per heavy atom. The van der Waals surface area contributed by atoms with Gasteiger partial charge in [-0.15, -0.1) is 0 Å². The topological polar surface area (TPSA) is 41.5 Å². The molecule has 1 atom stereocenters. The van der Waals surface area contributed by atoms with Crippen molar-refractivity contribution >= 4 is 5.69 Å². The summed E-state index contributed by atoms with van der Waals surface area (Å²) in [6.07, 6.45) is -1.06. The van der Waals surface area contributed by atoms with E-state index >= 15 is 0 Å². The highest BCUT2D eigenvalue weighted by Gasteiger charge is 2.19. The Bertz CT molecular complexity index is 428. The van der Waals surface area contributed by atoms with E-state index in [0.717, 1.165) is 0 Å². The number of aliphatic hydroxyl groups is 1. The third-order valence-corrected chi connectivity index (χ3v) is 2.39. The second-order valence-corrected chi connectivity index (χ2v) is 4.81. The van der Waals surface area contributed by atoms with Gasteiger partial charge in [-0.3, -0.25) is 0 Å². The smallest absolute Gasteiger partial charge is 0.185 e. The van der Waals surface area contributed by atoms with Gasteiger partial charge >= 0.3 is 0 Å². The molecule has 0 saturated heterocycles. The quantitative estimate of drug-likeness (QED) is 0.600. The lowest BCUT2D eigenvalue weighted by atomic mass is 10.2. The second kappa shape index (κ2) is 7.44. The maximum atomic E-state index is 13.3.